The van der Waals surface area contributed by atoms with Crippen LogP contribution in [0, 0.1) is 5.41 Å². The van der Waals surface area contributed by atoms with E-state index in [1.165, 1.54) is 19.3 Å². The van der Waals surface area contributed by atoms with E-state index in [0.717, 1.165) is 19.3 Å². The standard InChI is InChI=1S/C15H30N2O2.ClH/c1-13(2)19-10-6-9-17-14(18)11-15(12-16)7-4-3-5-8-15;/h13H,3-12,16H2,1-2H3,(H,17,18);1H. The van der Waals surface area contributed by atoms with Gasteiger partial charge in [-0.15, -0.1) is 12.4 Å². The molecular formula is C15H31ClN2O2. The summed E-state index contributed by atoms with van der Waals surface area (Å²) >= 11 is 0. The van der Waals surface area contributed by atoms with Crippen LogP contribution in [0.4, 0.5) is 0 Å². The Hall–Kier alpha value is -0.320. The number of rotatable bonds is 8. The topological polar surface area (TPSA) is 64.3 Å². The Morgan fingerprint density at radius 1 is 1.30 bits per heavy atom. The average molecular weight is 307 g/mol. The predicted octanol–water partition coefficient (Wildman–Crippen LogP) is 2.64. The van der Waals surface area contributed by atoms with Crippen LogP contribution in [-0.2, 0) is 9.53 Å². The highest BCUT2D eigenvalue weighted by Gasteiger charge is 2.32. The van der Waals surface area contributed by atoms with Crippen molar-refractivity contribution in [3.63, 3.8) is 0 Å². The summed E-state index contributed by atoms with van der Waals surface area (Å²) in [5.41, 5.74) is 5.96. The van der Waals surface area contributed by atoms with Crippen molar-refractivity contribution >= 4 is 18.3 Å². The highest BCUT2D eigenvalue weighted by atomic mass is 35.5. The molecule has 1 aliphatic carbocycles. The Morgan fingerprint density at radius 2 is 1.95 bits per heavy atom. The maximum atomic E-state index is 12.0. The normalized spacial score (nSPS) is 17.6. The molecule has 4 nitrogen and oxygen atoms in total. The fourth-order valence-electron chi connectivity index (χ4n) is 2.78. The smallest absolute Gasteiger partial charge is 0.220 e. The van der Waals surface area contributed by atoms with Crippen LogP contribution in [0.3, 0.4) is 0 Å². The highest BCUT2D eigenvalue weighted by Crippen LogP contribution is 2.38. The van der Waals surface area contributed by atoms with Crippen LogP contribution < -0.4 is 11.1 Å². The minimum atomic E-state index is 0. The monoisotopic (exact) mass is 306 g/mol. The number of ether oxygens (including phenoxy) is 1. The molecule has 20 heavy (non-hydrogen) atoms. The molecule has 0 aromatic carbocycles. The van der Waals surface area contributed by atoms with Gasteiger partial charge in [-0.1, -0.05) is 19.3 Å². The van der Waals surface area contributed by atoms with E-state index in [0.29, 0.717) is 26.1 Å². The summed E-state index contributed by atoms with van der Waals surface area (Å²) < 4.78 is 5.44. The lowest BCUT2D eigenvalue weighted by Crippen LogP contribution is -2.39. The Morgan fingerprint density at radius 3 is 2.50 bits per heavy atom. The third kappa shape index (κ3) is 7.46. The van der Waals surface area contributed by atoms with Crippen molar-refractivity contribution in [1.29, 1.82) is 0 Å². The number of carbonyl (C=O) groups is 1. The van der Waals surface area contributed by atoms with Gasteiger partial charge in [-0.3, -0.25) is 4.79 Å². The molecule has 120 valence electrons. The Bertz CT molecular complexity index is 267. The van der Waals surface area contributed by atoms with Gasteiger partial charge in [0.15, 0.2) is 0 Å². The van der Waals surface area contributed by atoms with Crippen LogP contribution in [0.2, 0.25) is 0 Å². The summed E-state index contributed by atoms with van der Waals surface area (Å²) in [6.45, 7) is 6.09. The number of amides is 1. The second-order valence-electron chi connectivity index (χ2n) is 6.06. The summed E-state index contributed by atoms with van der Waals surface area (Å²) in [4.78, 5) is 12.0. The molecule has 0 unspecified atom stereocenters. The average Bonchev–Trinajstić information content (AvgIpc) is 2.39. The Kier molecular flexibility index (Phi) is 10.2. The predicted molar refractivity (Wildman–Crippen MR) is 85.2 cm³/mol. The molecular weight excluding hydrogens is 276 g/mol. The van der Waals surface area contributed by atoms with Gasteiger partial charge in [0.05, 0.1) is 6.10 Å². The molecule has 0 heterocycles. The Labute approximate surface area is 129 Å². The van der Waals surface area contributed by atoms with Gasteiger partial charge >= 0.3 is 0 Å². The van der Waals surface area contributed by atoms with E-state index in [4.69, 9.17) is 10.5 Å². The van der Waals surface area contributed by atoms with Crippen LogP contribution in [0.25, 0.3) is 0 Å². The number of hydrogen-bond acceptors (Lipinski definition) is 3. The van der Waals surface area contributed by atoms with Crippen LogP contribution in [0.15, 0.2) is 0 Å². The molecule has 0 aliphatic heterocycles. The van der Waals surface area contributed by atoms with Crippen LogP contribution in [0.1, 0.15) is 58.8 Å². The van der Waals surface area contributed by atoms with Gasteiger partial charge in [0.25, 0.3) is 0 Å². The third-order valence-electron chi connectivity index (χ3n) is 3.98. The molecule has 5 heteroatoms. The lowest BCUT2D eigenvalue weighted by Gasteiger charge is -2.35. The minimum absolute atomic E-state index is 0. The van der Waals surface area contributed by atoms with Crippen LogP contribution >= 0.6 is 12.4 Å². The minimum Gasteiger partial charge on any atom is -0.379 e. The van der Waals surface area contributed by atoms with Crippen molar-refractivity contribution in [3.8, 4) is 0 Å². The van der Waals surface area contributed by atoms with Gasteiger partial charge in [0.2, 0.25) is 5.91 Å². The van der Waals surface area contributed by atoms with Crippen molar-refractivity contribution < 1.29 is 9.53 Å². The first-order valence-corrected chi connectivity index (χ1v) is 7.66. The zero-order chi connectivity index (χ0) is 14.1. The summed E-state index contributed by atoms with van der Waals surface area (Å²) in [6.07, 6.45) is 7.66. The molecule has 1 fully saturated rings. The van der Waals surface area contributed by atoms with Gasteiger partial charge in [-0.2, -0.15) is 0 Å². The molecule has 0 radical (unpaired) electrons. The lowest BCUT2D eigenvalue weighted by molar-refractivity contribution is -0.123. The quantitative estimate of drug-likeness (QED) is 0.678. The van der Waals surface area contributed by atoms with Crippen molar-refractivity contribution in [2.45, 2.75) is 64.9 Å². The van der Waals surface area contributed by atoms with E-state index in [9.17, 15) is 4.79 Å². The molecule has 0 spiro atoms. The van der Waals surface area contributed by atoms with E-state index in [-0.39, 0.29) is 29.8 Å². The van der Waals surface area contributed by atoms with E-state index >= 15 is 0 Å². The molecule has 0 atom stereocenters. The zero-order valence-corrected chi connectivity index (χ0v) is 13.8. The molecule has 1 rings (SSSR count). The maximum Gasteiger partial charge on any atom is 0.220 e. The number of nitrogens with one attached hydrogen (secondary N) is 1. The maximum absolute atomic E-state index is 12.0. The summed E-state index contributed by atoms with van der Waals surface area (Å²) in [6, 6.07) is 0. The lowest BCUT2D eigenvalue weighted by atomic mass is 9.71. The second kappa shape index (κ2) is 10.4. The molecule has 1 saturated carbocycles. The van der Waals surface area contributed by atoms with E-state index in [1.807, 2.05) is 13.8 Å². The van der Waals surface area contributed by atoms with Crippen molar-refractivity contribution in [3.05, 3.63) is 0 Å². The fraction of sp³-hybridized carbons (Fsp3) is 0.933. The first kappa shape index (κ1) is 19.7. The second-order valence-corrected chi connectivity index (χ2v) is 6.06. The third-order valence-corrected chi connectivity index (χ3v) is 3.98. The zero-order valence-electron chi connectivity index (χ0n) is 13.0. The largest absolute Gasteiger partial charge is 0.379 e. The first-order valence-electron chi connectivity index (χ1n) is 7.66. The first-order chi connectivity index (χ1) is 9.08. The SMILES string of the molecule is CC(C)OCCCNC(=O)CC1(CN)CCCCC1.Cl. The molecule has 0 bridgehead atoms. The van der Waals surface area contributed by atoms with Gasteiger partial charge in [0, 0.05) is 19.6 Å². The molecule has 0 aromatic rings. The van der Waals surface area contributed by atoms with Crippen LogP contribution in [0.5, 0.6) is 0 Å². The van der Waals surface area contributed by atoms with E-state index < -0.39 is 0 Å². The van der Waals surface area contributed by atoms with E-state index in [2.05, 4.69) is 5.32 Å². The highest BCUT2D eigenvalue weighted by molar-refractivity contribution is 5.85. The molecule has 1 aliphatic rings. The fourth-order valence-corrected chi connectivity index (χ4v) is 2.78. The van der Waals surface area contributed by atoms with Gasteiger partial charge in [0.1, 0.15) is 0 Å². The molecule has 1 amide bonds. The number of nitrogens with two attached hydrogens (primary N) is 1. The molecule has 3 N–H and O–H groups in total. The van der Waals surface area contributed by atoms with Crippen LogP contribution in [-0.4, -0.2) is 31.7 Å². The van der Waals surface area contributed by atoms with Gasteiger partial charge < -0.3 is 15.8 Å². The van der Waals surface area contributed by atoms with Crippen molar-refractivity contribution in [2.75, 3.05) is 19.7 Å². The van der Waals surface area contributed by atoms with Crippen molar-refractivity contribution in [2.24, 2.45) is 11.1 Å². The number of halogens is 1. The van der Waals surface area contributed by atoms with E-state index in [1.54, 1.807) is 0 Å². The Balaban J connectivity index is 0.00000361. The van der Waals surface area contributed by atoms with Crippen molar-refractivity contribution in [1.82, 2.24) is 5.32 Å². The number of hydrogen-bond donors (Lipinski definition) is 2. The molecule has 0 aromatic heterocycles. The molecule has 0 saturated heterocycles. The van der Waals surface area contributed by atoms with Gasteiger partial charge in [-0.05, 0) is 45.1 Å². The van der Waals surface area contributed by atoms with Gasteiger partial charge in [-0.25, -0.2) is 0 Å². The summed E-state index contributed by atoms with van der Waals surface area (Å²) in [5.74, 6) is 0.150. The number of carbonyl (C=O) groups excluding carboxylic acids is 1. The summed E-state index contributed by atoms with van der Waals surface area (Å²) in [7, 11) is 0. The summed E-state index contributed by atoms with van der Waals surface area (Å²) in [5, 5.41) is 2.99.